The molecular formula is C14H19FO2. The number of carboxylic acid groups (broad SMARTS) is 1. The maximum absolute atomic E-state index is 13.9. The molecule has 17 heavy (non-hydrogen) atoms. The maximum Gasteiger partial charge on any atom is 0.303 e. The minimum absolute atomic E-state index is 0.00669. The first-order valence-electron chi connectivity index (χ1n) is 5.94. The Morgan fingerprint density at radius 2 is 1.94 bits per heavy atom. The standard InChI is InChI=1S/C14H19FO2/c1-4-5-11(8-14(16)17)12-6-9(2)10(3)7-13(12)15/h6-7,11H,4-5,8H2,1-3H3,(H,16,17). The number of halogens is 1. The van der Waals surface area contributed by atoms with Gasteiger partial charge >= 0.3 is 5.97 Å². The predicted octanol–water partition coefficient (Wildman–Crippen LogP) is 3.80. The molecule has 0 radical (unpaired) electrons. The lowest BCUT2D eigenvalue weighted by atomic mass is 9.89. The summed E-state index contributed by atoms with van der Waals surface area (Å²) >= 11 is 0. The molecular weight excluding hydrogens is 219 g/mol. The van der Waals surface area contributed by atoms with Crippen molar-refractivity contribution >= 4 is 5.97 Å². The number of carbonyl (C=O) groups is 1. The number of rotatable bonds is 5. The Morgan fingerprint density at radius 1 is 1.35 bits per heavy atom. The molecule has 0 saturated carbocycles. The Hall–Kier alpha value is -1.38. The van der Waals surface area contributed by atoms with Gasteiger partial charge in [-0.1, -0.05) is 19.4 Å². The summed E-state index contributed by atoms with van der Waals surface area (Å²) in [6, 6.07) is 3.28. The first kappa shape index (κ1) is 13.7. The van der Waals surface area contributed by atoms with E-state index in [0.29, 0.717) is 12.0 Å². The molecule has 0 aliphatic rings. The molecule has 0 aliphatic heterocycles. The summed E-state index contributed by atoms with van der Waals surface area (Å²) in [6.07, 6.45) is 1.54. The monoisotopic (exact) mass is 238 g/mol. The summed E-state index contributed by atoms with van der Waals surface area (Å²) in [5, 5.41) is 8.86. The van der Waals surface area contributed by atoms with Gasteiger partial charge in [0, 0.05) is 0 Å². The number of hydrogen-bond acceptors (Lipinski definition) is 1. The molecule has 0 saturated heterocycles. The highest BCUT2D eigenvalue weighted by atomic mass is 19.1. The lowest BCUT2D eigenvalue weighted by Crippen LogP contribution is -2.09. The number of carboxylic acids is 1. The van der Waals surface area contributed by atoms with Crippen molar-refractivity contribution in [1.29, 1.82) is 0 Å². The van der Waals surface area contributed by atoms with Crippen molar-refractivity contribution in [3.8, 4) is 0 Å². The fourth-order valence-electron chi connectivity index (χ4n) is 2.04. The van der Waals surface area contributed by atoms with E-state index in [9.17, 15) is 9.18 Å². The van der Waals surface area contributed by atoms with Crippen molar-refractivity contribution in [2.24, 2.45) is 0 Å². The molecule has 0 bridgehead atoms. The van der Waals surface area contributed by atoms with Gasteiger partial charge in [0.1, 0.15) is 5.82 Å². The van der Waals surface area contributed by atoms with Crippen LogP contribution in [-0.2, 0) is 4.79 Å². The second-order valence-electron chi connectivity index (χ2n) is 4.54. The van der Waals surface area contributed by atoms with Gasteiger partial charge < -0.3 is 5.11 Å². The Morgan fingerprint density at radius 3 is 2.47 bits per heavy atom. The van der Waals surface area contributed by atoms with Crippen LogP contribution in [0.5, 0.6) is 0 Å². The van der Waals surface area contributed by atoms with E-state index < -0.39 is 5.97 Å². The molecule has 0 fully saturated rings. The molecule has 3 heteroatoms. The largest absolute Gasteiger partial charge is 0.481 e. The summed E-state index contributed by atoms with van der Waals surface area (Å²) in [5.41, 5.74) is 2.45. The highest BCUT2D eigenvalue weighted by molar-refractivity contribution is 5.68. The molecule has 0 amide bonds. The fraction of sp³-hybridized carbons (Fsp3) is 0.500. The predicted molar refractivity (Wildman–Crippen MR) is 65.8 cm³/mol. The van der Waals surface area contributed by atoms with Gasteiger partial charge in [-0.25, -0.2) is 4.39 Å². The van der Waals surface area contributed by atoms with Gasteiger partial charge in [0.25, 0.3) is 0 Å². The summed E-state index contributed by atoms with van der Waals surface area (Å²) in [6.45, 7) is 5.75. The molecule has 0 aromatic heterocycles. The lowest BCUT2D eigenvalue weighted by Gasteiger charge is -2.16. The van der Waals surface area contributed by atoms with Crippen molar-refractivity contribution in [3.05, 3.63) is 34.6 Å². The zero-order chi connectivity index (χ0) is 13.0. The summed E-state index contributed by atoms with van der Waals surface area (Å²) in [7, 11) is 0. The summed E-state index contributed by atoms with van der Waals surface area (Å²) < 4.78 is 13.9. The van der Waals surface area contributed by atoms with Gasteiger partial charge in [0.05, 0.1) is 6.42 Å². The smallest absolute Gasteiger partial charge is 0.303 e. The number of hydrogen-bond donors (Lipinski definition) is 1. The Kier molecular flexibility index (Phi) is 4.67. The number of benzene rings is 1. The van der Waals surface area contributed by atoms with E-state index in [1.54, 1.807) is 6.07 Å². The van der Waals surface area contributed by atoms with E-state index in [4.69, 9.17) is 5.11 Å². The van der Waals surface area contributed by atoms with Gasteiger partial charge in [-0.05, 0) is 48.9 Å². The van der Waals surface area contributed by atoms with Gasteiger partial charge in [0.2, 0.25) is 0 Å². The second kappa shape index (κ2) is 5.80. The van der Waals surface area contributed by atoms with E-state index in [-0.39, 0.29) is 18.2 Å². The number of aryl methyl sites for hydroxylation is 2. The van der Waals surface area contributed by atoms with Crippen LogP contribution in [0.1, 0.15) is 48.8 Å². The van der Waals surface area contributed by atoms with Crippen molar-refractivity contribution in [2.45, 2.75) is 46.0 Å². The van der Waals surface area contributed by atoms with Crippen molar-refractivity contribution < 1.29 is 14.3 Å². The van der Waals surface area contributed by atoms with Crippen molar-refractivity contribution in [3.63, 3.8) is 0 Å². The van der Waals surface area contributed by atoms with Crippen LogP contribution in [0.15, 0.2) is 12.1 Å². The Labute approximate surface area is 101 Å². The molecule has 1 N–H and O–H groups in total. The van der Waals surface area contributed by atoms with E-state index in [2.05, 4.69) is 0 Å². The van der Waals surface area contributed by atoms with Crippen molar-refractivity contribution in [1.82, 2.24) is 0 Å². The normalized spacial score (nSPS) is 12.5. The van der Waals surface area contributed by atoms with Crippen molar-refractivity contribution in [2.75, 3.05) is 0 Å². The molecule has 0 spiro atoms. The molecule has 1 rings (SSSR count). The topological polar surface area (TPSA) is 37.3 Å². The van der Waals surface area contributed by atoms with Gasteiger partial charge in [0.15, 0.2) is 0 Å². The highest BCUT2D eigenvalue weighted by Crippen LogP contribution is 2.29. The van der Waals surface area contributed by atoms with Crippen LogP contribution >= 0.6 is 0 Å². The van der Waals surface area contributed by atoms with Crippen LogP contribution in [0.25, 0.3) is 0 Å². The lowest BCUT2D eigenvalue weighted by molar-refractivity contribution is -0.137. The third-order valence-electron chi connectivity index (χ3n) is 3.11. The summed E-state index contributed by atoms with van der Waals surface area (Å²) in [5.74, 6) is -1.38. The van der Waals surface area contributed by atoms with Crippen LogP contribution in [0.2, 0.25) is 0 Å². The molecule has 94 valence electrons. The minimum Gasteiger partial charge on any atom is -0.481 e. The molecule has 0 aliphatic carbocycles. The molecule has 1 aromatic carbocycles. The van der Waals surface area contributed by atoms with Gasteiger partial charge in [-0.2, -0.15) is 0 Å². The Bertz CT molecular complexity index is 413. The molecule has 2 nitrogen and oxygen atoms in total. The van der Waals surface area contributed by atoms with Gasteiger partial charge in [-0.15, -0.1) is 0 Å². The van der Waals surface area contributed by atoms with E-state index in [1.165, 1.54) is 6.07 Å². The average Bonchev–Trinajstić information content (AvgIpc) is 2.22. The quantitative estimate of drug-likeness (QED) is 0.847. The second-order valence-corrected chi connectivity index (χ2v) is 4.54. The fourth-order valence-corrected chi connectivity index (χ4v) is 2.04. The van der Waals surface area contributed by atoms with E-state index in [1.807, 2.05) is 20.8 Å². The third-order valence-corrected chi connectivity index (χ3v) is 3.11. The first-order chi connectivity index (χ1) is 7.95. The zero-order valence-corrected chi connectivity index (χ0v) is 10.6. The SMILES string of the molecule is CCCC(CC(=O)O)c1cc(C)c(C)cc1F. The van der Waals surface area contributed by atoms with Gasteiger partial charge in [-0.3, -0.25) is 4.79 Å². The molecule has 1 atom stereocenters. The number of aliphatic carboxylic acids is 1. The minimum atomic E-state index is -0.874. The molecule has 0 heterocycles. The highest BCUT2D eigenvalue weighted by Gasteiger charge is 2.19. The summed E-state index contributed by atoms with van der Waals surface area (Å²) in [4.78, 5) is 10.8. The van der Waals surface area contributed by atoms with Crippen LogP contribution in [0.3, 0.4) is 0 Å². The maximum atomic E-state index is 13.9. The third kappa shape index (κ3) is 3.55. The van der Waals surface area contributed by atoms with E-state index in [0.717, 1.165) is 17.5 Å². The van der Waals surface area contributed by atoms with Crippen LogP contribution in [0.4, 0.5) is 4.39 Å². The molecule has 1 unspecified atom stereocenters. The molecule has 1 aromatic rings. The van der Waals surface area contributed by atoms with Crippen LogP contribution in [0, 0.1) is 19.7 Å². The zero-order valence-electron chi connectivity index (χ0n) is 10.6. The van der Waals surface area contributed by atoms with Crippen LogP contribution < -0.4 is 0 Å². The van der Waals surface area contributed by atoms with E-state index >= 15 is 0 Å². The first-order valence-corrected chi connectivity index (χ1v) is 5.94. The Balaban J connectivity index is 3.08. The average molecular weight is 238 g/mol. The van der Waals surface area contributed by atoms with Crippen LogP contribution in [-0.4, -0.2) is 11.1 Å².